The maximum absolute atomic E-state index is 13.7. The van der Waals surface area contributed by atoms with Crippen molar-refractivity contribution in [3.63, 3.8) is 0 Å². The van der Waals surface area contributed by atoms with Crippen LogP contribution in [0.5, 0.6) is 0 Å². The number of hydrogen-bond donors (Lipinski definition) is 7. The third-order valence-corrected chi connectivity index (χ3v) is 20.1. The van der Waals surface area contributed by atoms with Crippen molar-refractivity contribution < 1.29 is 71.8 Å². The van der Waals surface area contributed by atoms with Crippen LogP contribution in [-0.4, -0.2) is 161 Å². The number of hydrogen-bond acceptors (Lipinski definition) is 19. The minimum Gasteiger partial charge on any atom is -0.461 e. The number of thioether (sulfide) groups is 2. The lowest BCUT2D eigenvalue weighted by Crippen LogP contribution is -2.58. The summed E-state index contributed by atoms with van der Waals surface area (Å²) in [6, 6.07) is 11.1. The van der Waals surface area contributed by atoms with Gasteiger partial charge >= 0.3 is 24.0 Å². The van der Waals surface area contributed by atoms with Gasteiger partial charge in [0, 0.05) is 64.8 Å². The van der Waals surface area contributed by atoms with Crippen LogP contribution in [-0.2, 0) is 88.3 Å². The van der Waals surface area contributed by atoms with E-state index in [0.717, 1.165) is 16.7 Å². The molecule has 3 aliphatic rings. The van der Waals surface area contributed by atoms with E-state index in [9.17, 15) is 62.3 Å². The molecule has 3 fully saturated rings. The van der Waals surface area contributed by atoms with Gasteiger partial charge in [0.15, 0.2) is 11.6 Å². The lowest BCUT2D eigenvalue weighted by Gasteiger charge is -2.39. The Kier molecular flexibility index (Phi) is 35.1. The van der Waals surface area contributed by atoms with Gasteiger partial charge in [0.2, 0.25) is 41.4 Å². The Morgan fingerprint density at radius 1 is 0.559 bits per heavy atom. The van der Waals surface area contributed by atoms with Crippen molar-refractivity contribution in [3.8, 4) is 0 Å². The summed E-state index contributed by atoms with van der Waals surface area (Å²) in [4.78, 5) is 166. The van der Waals surface area contributed by atoms with E-state index in [1.165, 1.54) is 38.0 Å². The molecule has 1 aliphatic carbocycles. The number of carbonyl (C=O) groups excluding carboxylic acids is 13. The number of unbranched alkanes of at least 4 members (excludes halogenated alkanes) is 4. The van der Waals surface area contributed by atoms with Crippen molar-refractivity contribution in [1.82, 2.24) is 51.4 Å². The molecule has 1 aromatic heterocycles. The van der Waals surface area contributed by atoms with Gasteiger partial charge in [-0.3, -0.25) is 62.5 Å². The van der Waals surface area contributed by atoms with Gasteiger partial charge in [-0.25, -0.2) is 14.3 Å². The molecule has 0 radical (unpaired) electrons. The second-order valence-electron chi connectivity index (χ2n) is 27.9. The second kappa shape index (κ2) is 42.4. The first-order valence-electron chi connectivity index (χ1n) is 35.8. The molecule has 27 nitrogen and oxygen atoms in total. The highest BCUT2D eigenvalue weighted by Gasteiger charge is 2.51. The maximum atomic E-state index is 13.7. The molecule has 0 bridgehead atoms. The smallest absolute Gasteiger partial charge is 0.312 e. The molecular weight excluding hydrogens is 1350 g/mol. The number of amides is 11. The van der Waals surface area contributed by atoms with Gasteiger partial charge in [-0.15, -0.1) is 28.6 Å². The fourth-order valence-electron chi connectivity index (χ4n) is 11.7. The second-order valence-corrected chi connectivity index (χ2v) is 31.4. The molecule has 9 N–H and O–H groups in total. The minimum absolute atomic E-state index is 0.0230. The van der Waals surface area contributed by atoms with Crippen molar-refractivity contribution in [2.24, 2.45) is 34.6 Å². The number of rotatable bonds is 43. The van der Waals surface area contributed by atoms with Crippen molar-refractivity contribution in [1.29, 1.82) is 0 Å². The van der Waals surface area contributed by atoms with Crippen LogP contribution in [0.3, 0.4) is 0 Å². The molecule has 5 atom stereocenters. The molecule has 2 unspecified atom stereocenters. The highest BCUT2D eigenvalue weighted by atomic mass is 32.2. The lowest BCUT2D eigenvalue weighted by atomic mass is 9.67. The topological polar surface area (TPSA) is 390 Å². The predicted octanol–water partition coefficient (Wildman–Crippen LogP) is 7.58. The molecule has 2 saturated heterocycles. The number of Topliss-reactive ketones (excluding diaryl/α,β-unsaturated/α-hetero) is 2. The molecule has 3 heterocycles. The monoisotopic (exact) mass is 1460 g/mol. The van der Waals surface area contributed by atoms with E-state index in [2.05, 4.69) is 36.9 Å². The number of aromatic nitrogens is 3. The molecule has 2 aromatic carbocycles. The van der Waals surface area contributed by atoms with Crippen LogP contribution in [0.1, 0.15) is 212 Å². The van der Waals surface area contributed by atoms with Crippen LogP contribution in [0.25, 0.3) is 0 Å². The number of carbonyl (C=O) groups is 13. The Hall–Kier alpha value is -8.21. The normalized spacial score (nSPS) is 16.5. The summed E-state index contributed by atoms with van der Waals surface area (Å²) in [6.07, 6.45) is 9.38. The van der Waals surface area contributed by atoms with Gasteiger partial charge in [0.05, 0.1) is 40.6 Å². The molecule has 29 heteroatoms. The summed E-state index contributed by atoms with van der Waals surface area (Å²) in [5.41, 5.74) is 12.7. The third kappa shape index (κ3) is 27.5. The lowest BCUT2D eigenvalue weighted by molar-refractivity contribution is -0.151. The van der Waals surface area contributed by atoms with Gasteiger partial charge < -0.3 is 47.5 Å². The summed E-state index contributed by atoms with van der Waals surface area (Å²) >= 11 is 3.03. The molecule has 1 saturated carbocycles. The summed E-state index contributed by atoms with van der Waals surface area (Å²) in [7, 11) is 0. The predicted molar refractivity (Wildman–Crippen MR) is 387 cm³/mol. The van der Waals surface area contributed by atoms with Crippen molar-refractivity contribution in [2.45, 2.75) is 237 Å². The van der Waals surface area contributed by atoms with Crippen LogP contribution in [0.4, 0.5) is 9.59 Å². The van der Waals surface area contributed by atoms with E-state index in [0.29, 0.717) is 108 Å². The highest BCUT2D eigenvalue weighted by Crippen LogP contribution is 2.42. The van der Waals surface area contributed by atoms with Gasteiger partial charge in [0.1, 0.15) is 30.4 Å². The van der Waals surface area contributed by atoms with Crippen LogP contribution in [0.15, 0.2) is 54.7 Å². The van der Waals surface area contributed by atoms with Gasteiger partial charge in [-0.05, 0) is 109 Å². The van der Waals surface area contributed by atoms with Crippen molar-refractivity contribution >= 4 is 100 Å². The number of benzene rings is 2. The Morgan fingerprint density at radius 2 is 1.02 bits per heavy atom. The van der Waals surface area contributed by atoms with E-state index in [1.54, 1.807) is 58.2 Å². The molecule has 102 heavy (non-hydrogen) atoms. The highest BCUT2D eigenvalue weighted by molar-refractivity contribution is 8.01. The number of imide groups is 2. The number of urea groups is 2. The van der Waals surface area contributed by atoms with E-state index in [-0.39, 0.29) is 163 Å². The SMILES string of the molecule is CC(C)SC1CC(=O)N(CCCCCC(=O)N[C@H](c2cn([C@@H](CCCNC(N)=O)C(=O)Cc3ccc(COC(=O)C(C)C)cc3)nn2)C(C)C)C1=O.CC(C)SC1CC(=O)N(CCCCCNC(=O)C2(C(=O)N[C@@H](CCCNC(N)=O)C(=O)Cc3ccc(COC(=O)C(C)C)cc3)CCC2)C1=O. The number of ketones is 2. The number of primary amides is 2. The summed E-state index contributed by atoms with van der Waals surface area (Å²) < 4.78 is 12.1. The van der Waals surface area contributed by atoms with Crippen LogP contribution < -0.4 is 38.1 Å². The average Bonchev–Trinajstić information content (AvgIpc) is 1.25. The van der Waals surface area contributed by atoms with Crippen LogP contribution in [0.2, 0.25) is 0 Å². The first-order valence-corrected chi connectivity index (χ1v) is 37.7. The molecule has 0 spiro atoms. The third-order valence-electron chi connectivity index (χ3n) is 17.6. The van der Waals surface area contributed by atoms with E-state index in [4.69, 9.17) is 20.9 Å². The zero-order chi connectivity index (χ0) is 75.2. The van der Waals surface area contributed by atoms with Crippen molar-refractivity contribution in [2.75, 3.05) is 32.7 Å². The van der Waals surface area contributed by atoms with Crippen LogP contribution >= 0.6 is 23.5 Å². The van der Waals surface area contributed by atoms with E-state index < -0.39 is 41.5 Å². The number of nitrogens with one attached hydrogen (secondary N) is 5. The standard InChI is InChI=1S/C37H55N7O7S.C36H53N5O8S/c1-23(2)34(40-32(46)12-8-7-9-18-43-33(47)20-31(35(43)48)52-25(5)6)28-21-44(42-41-28)29(11-10-17-39-37(38)50)30(45)19-26-13-15-27(16-14-26)22-51-36(49)24(3)4;1-23(2)32(45)49-22-26-13-11-25(12-14-26)20-28(42)27(10-8-18-39-35(37)48)40-34(47)36(15-9-16-36)33(46)38-17-6-5-7-19-41-30(43)21-29(31(41)44)50-24(3)4/h13-16,21,23-25,29,31,34H,7-12,17-20,22H2,1-6H3,(H,40,46)(H3,38,39,50);11-14,23-24,27,29H,5-10,15-22H2,1-4H3,(H,38,46)(H,40,47)(H3,37,39,48)/t29-,31?,34-;27-,29?/m00/s1. The fourth-order valence-corrected chi connectivity index (χ4v) is 14.0. The van der Waals surface area contributed by atoms with Gasteiger partial charge in [0.25, 0.3) is 0 Å². The minimum atomic E-state index is -1.27. The largest absolute Gasteiger partial charge is 0.461 e. The number of nitrogens with two attached hydrogens (primary N) is 2. The van der Waals surface area contributed by atoms with Crippen molar-refractivity contribution in [3.05, 3.63) is 82.7 Å². The molecule has 2 aliphatic heterocycles. The number of likely N-dealkylation sites (tertiary alicyclic amines) is 2. The van der Waals surface area contributed by atoms with Crippen LogP contribution in [0, 0.1) is 23.2 Å². The fraction of sp³-hybridized carbons (Fsp3) is 0.630. The zero-order valence-electron chi connectivity index (χ0n) is 61.0. The molecule has 6 rings (SSSR count). The molecule has 11 amide bonds. The van der Waals surface area contributed by atoms with Gasteiger partial charge in [-0.2, -0.15) is 0 Å². The Balaban J connectivity index is 0.000000367. The Labute approximate surface area is 607 Å². The molecule has 562 valence electrons. The first-order chi connectivity index (χ1) is 48.4. The number of esters is 2. The zero-order valence-corrected chi connectivity index (χ0v) is 62.6. The van der Waals surface area contributed by atoms with Gasteiger partial charge in [-0.1, -0.05) is 136 Å². The summed E-state index contributed by atoms with van der Waals surface area (Å²) in [5, 5.41) is 22.4. The first kappa shape index (κ1) is 84.4. The Bertz CT molecular complexity index is 3340. The maximum Gasteiger partial charge on any atom is 0.312 e. The average molecular weight is 1460 g/mol. The quantitative estimate of drug-likeness (QED) is 0.0124. The summed E-state index contributed by atoms with van der Waals surface area (Å²) in [5.74, 6) is -2.93. The number of nitrogens with zero attached hydrogens (tertiary/aromatic N) is 5. The molecular formula is C73H108N12O15S2. The van der Waals surface area contributed by atoms with E-state index in [1.807, 2.05) is 65.8 Å². The Morgan fingerprint density at radius 3 is 1.47 bits per heavy atom. The molecule has 3 aromatic rings. The number of ether oxygens (including phenoxy) is 2. The summed E-state index contributed by atoms with van der Waals surface area (Å²) in [6.45, 7) is 20.9. The van der Waals surface area contributed by atoms with E-state index >= 15 is 0 Å².